The number of benzene rings is 1. The smallest absolute Gasteiger partial charge is 0.344 e. The Bertz CT molecular complexity index is 784. The monoisotopic (exact) mass is 375 g/mol. The molecule has 0 aliphatic carbocycles. The van der Waals surface area contributed by atoms with Crippen molar-refractivity contribution >= 4 is 29.0 Å². The zero-order chi connectivity index (χ0) is 18.9. The van der Waals surface area contributed by atoms with Gasteiger partial charge in [-0.25, -0.2) is 4.79 Å². The van der Waals surface area contributed by atoms with E-state index in [-0.39, 0.29) is 24.9 Å². The molecule has 0 fully saturated rings. The predicted octanol–water partition coefficient (Wildman–Crippen LogP) is 2.75. The lowest BCUT2D eigenvalue weighted by Crippen LogP contribution is -2.19. The molecule has 0 spiro atoms. The summed E-state index contributed by atoms with van der Waals surface area (Å²) in [6.45, 7) is 3.22. The molecular formula is C19H21NO5S. The highest BCUT2D eigenvalue weighted by molar-refractivity contribution is 7.14. The number of carbonyl (C=O) groups excluding carboxylic acids is 3. The zero-order valence-electron chi connectivity index (χ0n) is 14.7. The molecule has 1 heterocycles. The molecule has 0 aliphatic heterocycles. The van der Waals surface area contributed by atoms with Crippen LogP contribution in [0.2, 0.25) is 0 Å². The summed E-state index contributed by atoms with van der Waals surface area (Å²) in [7, 11) is 0. The highest BCUT2D eigenvalue weighted by Gasteiger charge is 2.13. The minimum absolute atomic E-state index is 0.134. The molecule has 2 rings (SSSR count). The molecule has 0 bridgehead atoms. The van der Waals surface area contributed by atoms with Crippen LogP contribution in [0.1, 0.15) is 34.0 Å². The largest absolute Gasteiger partial charge is 0.482 e. The molecule has 0 aliphatic rings. The Morgan fingerprint density at radius 2 is 1.85 bits per heavy atom. The highest BCUT2D eigenvalue weighted by Crippen LogP contribution is 2.19. The second-order valence-corrected chi connectivity index (χ2v) is 6.68. The van der Waals surface area contributed by atoms with Crippen LogP contribution in [0.15, 0.2) is 36.4 Å². The molecule has 0 saturated carbocycles. The van der Waals surface area contributed by atoms with E-state index in [0.29, 0.717) is 17.2 Å². The molecule has 0 radical (unpaired) electrons. The number of thiophene rings is 1. The number of hydrogen-bond acceptors (Lipinski definition) is 6. The Hall–Kier alpha value is -2.67. The van der Waals surface area contributed by atoms with Gasteiger partial charge in [-0.15, -0.1) is 11.3 Å². The number of nitrogens with one attached hydrogen (secondary N) is 1. The molecule has 0 atom stereocenters. The van der Waals surface area contributed by atoms with Gasteiger partial charge in [0.15, 0.2) is 13.2 Å². The second-order valence-electron chi connectivity index (χ2n) is 5.51. The van der Waals surface area contributed by atoms with Crippen LogP contribution in [0.5, 0.6) is 5.75 Å². The fraction of sp³-hybridized carbons (Fsp3) is 0.316. The van der Waals surface area contributed by atoms with Crippen LogP contribution in [-0.2, 0) is 27.3 Å². The molecule has 138 valence electrons. The molecule has 1 aromatic carbocycles. The van der Waals surface area contributed by atoms with Gasteiger partial charge in [-0.05, 0) is 30.2 Å². The van der Waals surface area contributed by atoms with Crippen molar-refractivity contribution in [2.24, 2.45) is 0 Å². The van der Waals surface area contributed by atoms with Crippen LogP contribution in [0, 0.1) is 0 Å². The minimum Gasteiger partial charge on any atom is -0.482 e. The Kier molecular flexibility index (Phi) is 7.35. The Morgan fingerprint density at radius 3 is 2.58 bits per heavy atom. The average Bonchev–Trinajstić information content (AvgIpc) is 3.12. The summed E-state index contributed by atoms with van der Waals surface area (Å²) in [4.78, 5) is 36.1. The standard InChI is InChI=1S/C19H21NO5S/c1-3-14-6-4-5-7-17(14)24-12-19(23)25-11-16(22)18-9-8-15(26-18)10-20-13(2)21/h4-9H,3,10-12H2,1-2H3,(H,20,21). The second kappa shape index (κ2) is 9.72. The Balaban J connectivity index is 1.78. The van der Waals surface area contributed by atoms with Crippen molar-refractivity contribution in [3.63, 3.8) is 0 Å². The fourth-order valence-electron chi connectivity index (χ4n) is 2.17. The van der Waals surface area contributed by atoms with Gasteiger partial charge < -0.3 is 14.8 Å². The van der Waals surface area contributed by atoms with E-state index >= 15 is 0 Å². The third kappa shape index (κ3) is 6.00. The van der Waals surface area contributed by atoms with E-state index in [1.165, 1.54) is 18.3 Å². The van der Waals surface area contributed by atoms with E-state index in [2.05, 4.69) is 5.32 Å². The number of amides is 1. The van der Waals surface area contributed by atoms with Crippen molar-refractivity contribution in [3.05, 3.63) is 51.7 Å². The van der Waals surface area contributed by atoms with Gasteiger partial charge in [0, 0.05) is 11.8 Å². The minimum atomic E-state index is -0.598. The topological polar surface area (TPSA) is 81.7 Å². The number of hydrogen-bond donors (Lipinski definition) is 1. The summed E-state index contributed by atoms with van der Waals surface area (Å²) in [5.41, 5.74) is 1.00. The van der Waals surface area contributed by atoms with Crippen molar-refractivity contribution < 1.29 is 23.9 Å². The first-order chi connectivity index (χ1) is 12.5. The molecule has 6 nitrogen and oxygen atoms in total. The third-order valence-electron chi connectivity index (χ3n) is 3.51. The van der Waals surface area contributed by atoms with E-state index in [9.17, 15) is 14.4 Å². The van der Waals surface area contributed by atoms with Crippen molar-refractivity contribution in [1.82, 2.24) is 5.32 Å². The molecule has 7 heteroatoms. The maximum atomic E-state index is 12.1. The number of aryl methyl sites for hydroxylation is 1. The highest BCUT2D eigenvalue weighted by atomic mass is 32.1. The van der Waals surface area contributed by atoms with E-state index in [1.807, 2.05) is 25.1 Å². The lowest BCUT2D eigenvalue weighted by atomic mass is 10.1. The van der Waals surface area contributed by atoms with E-state index in [1.54, 1.807) is 18.2 Å². The SMILES string of the molecule is CCc1ccccc1OCC(=O)OCC(=O)c1ccc(CNC(C)=O)s1. The predicted molar refractivity (Wildman–Crippen MR) is 98.4 cm³/mol. The van der Waals surface area contributed by atoms with Crippen LogP contribution in [0.4, 0.5) is 0 Å². The van der Waals surface area contributed by atoms with Crippen LogP contribution in [0.25, 0.3) is 0 Å². The summed E-state index contributed by atoms with van der Waals surface area (Å²) < 4.78 is 10.4. The number of ketones is 1. The summed E-state index contributed by atoms with van der Waals surface area (Å²) in [5, 5.41) is 2.66. The van der Waals surface area contributed by atoms with Crippen LogP contribution in [0.3, 0.4) is 0 Å². The molecular weight excluding hydrogens is 354 g/mol. The number of rotatable bonds is 9. The van der Waals surface area contributed by atoms with Crippen molar-refractivity contribution in [3.8, 4) is 5.75 Å². The van der Waals surface area contributed by atoms with Gasteiger partial charge in [0.05, 0.1) is 11.4 Å². The number of carbonyl (C=O) groups is 3. The molecule has 2 aromatic rings. The quantitative estimate of drug-likeness (QED) is 0.538. The molecule has 26 heavy (non-hydrogen) atoms. The maximum absolute atomic E-state index is 12.1. The van der Waals surface area contributed by atoms with Gasteiger partial charge in [0.25, 0.3) is 0 Å². The Morgan fingerprint density at radius 1 is 1.08 bits per heavy atom. The molecule has 1 aromatic heterocycles. The van der Waals surface area contributed by atoms with Gasteiger partial charge in [0.2, 0.25) is 11.7 Å². The number of para-hydroxylation sites is 1. The molecule has 1 N–H and O–H groups in total. The first-order valence-corrected chi connectivity index (χ1v) is 9.04. The van der Waals surface area contributed by atoms with Gasteiger partial charge in [0.1, 0.15) is 5.75 Å². The van der Waals surface area contributed by atoms with Gasteiger partial charge >= 0.3 is 5.97 Å². The van der Waals surface area contributed by atoms with Gasteiger partial charge in [-0.3, -0.25) is 9.59 Å². The number of ether oxygens (including phenoxy) is 2. The van der Waals surface area contributed by atoms with E-state index in [0.717, 1.165) is 16.9 Å². The van der Waals surface area contributed by atoms with Crippen molar-refractivity contribution in [1.29, 1.82) is 0 Å². The van der Waals surface area contributed by atoms with Crippen LogP contribution >= 0.6 is 11.3 Å². The number of esters is 1. The number of Topliss-reactive ketones (excluding diaryl/α,β-unsaturated/α-hetero) is 1. The van der Waals surface area contributed by atoms with Crippen LogP contribution < -0.4 is 10.1 Å². The zero-order valence-corrected chi connectivity index (χ0v) is 15.6. The lowest BCUT2D eigenvalue weighted by molar-refractivity contribution is -0.144. The van der Waals surface area contributed by atoms with Crippen molar-refractivity contribution in [2.75, 3.05) is 13.2 Å². The van der Waals surface area contributed by atoms with Gasteiger partial charge in [-0.2, -0.15) is 0 Å². The Labute approximate surface area is 156 Å². The summed E-state index contributed by atoms with van der Waals surface area (Å²) in [5.74, 6) is -0.380. The van der Waals surface area contributed by atoms with E-state index < -0.39 is 5.97 Å². The average molecular weight is 375 g/mol. The molecule has 1 amide bonds. The first kappa shape index (κ1) is 19.7. The van der Waals surface area contributed by atoms with Gasteiger partial charge in [-0.1, -0.05) is 25.1 Å². The first-order valence-electron chi connectivity index (χ1n) is 8.22. The lowest BCUT2D eigenvalue weighted by Gasteiger charge is -2.09. The maximum Gasteiger partial charge on any atom is 0.344 e. The summed E-state index contributed by atoms with van der Waals surface area (Å²) >= 11 is 1.26. The summed E-state index contributed by atoms with van der Waals surface area (Å²) in [6.07, 6.45) is 0.795. The molecule has 0 saturated heterocycles. The fourth-order valence-corrected chi connectivity index (χ4v) is 3.04. The van der Waals surface area contributed by atoms with E-state index in [4.69, 9.17) is 9.47 Å². The third-order valence-corrected chi connectivity index (χ3v) is 4.64. The normalized spacial score (nSPS) is 10.2. The van der Waals surface area contributed by atoms with Crippen molar-refractivity contribution in [2.45, 2.75) is 26.8 Å². The summed E-state index contributed by atoms with van der Waals surface area (Å²) in [6, 6.07) is 10.9. The van der Waals surface area contributed by atoms with Crippen LogP contribution in [-0.4, -0.2) is 30.9 Å². The molecule has 0 unspecified atom stereocenters.